The van der Waals surface area contributed by atoms with Crippen LogP contribution in [0.25, 0.3) is 0 Å². The van der Waals surface area contributed by atoms with Gasteiger partial charge in [-0.25, -0.2) is 0 Å². The van der Waals surface area contributed by atoms with E-state index in [9.17, 15) is 9.59 Å². The predicted molar refractivity (Wildman–Crippen MR) is 69.8 cm³/mol. The van der Waals surface area contributed by atoms with E-state index in [1.54, 1.807) is 25.3 Å². The van der Waals surface area contributed by atoms with Crippen molar-refractivity contribution in [3.05, 3.63) is 29.6 Å². The number of carbonyl (C=O) groups excluding carboxylic acids is 1. The highest BCUT2D eigenvalue weighted by Gasteiger charge is 2.32. The van der Waals surface area contributed by atoms with Crippen LogP contribution in [0.1, 0.15) is 35.3 Å². The highest BCUT2D eigenvalue weighted by atomic mass is 16.4. The second-order valence-electron chi connectivity index (χ2n) is 4.98. The summed E-state index contributed by atoms with van der Waals surface area (Å²) in [5.41, 5.74) is 1.23. The molecule has 1 aromatic rings. The van der Waals surface area contributed by atoms with E-state index < -0.39 is 5.97 Å². The topological polar surface area (TPSA) is 79.3 Å². The maximum absolute atomic E-state index is 12.0. The number of rotatable bonds is 4. The maximum atomic E-state index is 12.0. The zero-order chi connectivity index (χ0) is 13.8. The minimum Gasteiger partial charge on any atom is -0.481 e. The van der Waals surface area contributed by atoms with Gasteiger partial charge in [0, 0.05) is 18.4 Å². The largest absolute Gasteiger partial charge is 0.481 e. The summed E-state index contributed by atoms with van der Waals surface area (Å²) in [6.07, 6.45) is 4.14. The van der Waals surface area contributed by atoms with Crippen molar-refractivity contribution in [3.8, 4) is 0 Å². The number of carbonyl (C=O) groups is 2. The third-order valence-corrected chi connectivity index (χ3v) is 3.75. The molecule has 1 aliphatic carbocycles. The fraction of sp³-hybridized carbons (Fsp3) is 0.500. The highest BCUT2D eigenvalue weighted by Crippen LogP contribution is 2.31. The van der Waals surface area contributed by atoms with Gasteiger partial charge >= 0.3 is 5.97 Å². The summed E-state index contributed by atoms with van der Waals surface area (Å²) >= 11 is 0. The predicted octanol–water partition coefficient (Wildman–Crippen LogP) is 1.62. The summed E-state index contributed by atoms with van der Waals surface area (Å²) < 4.78 is 0. The van der Waals surface area contributed by atoms with Gasteiger partial charge in [-0.15, -0.1) is 0 Å². The molecule has 2 atom stereocenters. The van der Waals surface area contributed by atoms with Crippen molar-refractivity contribution in [1.82, 2.24) is 10.3 Å². The van der Waals surface area contributed by atoms with Crippen LogP contribution in [-0.2, 0) is 4.79 Å². The molecule has 1 amide bonds. The number of aryl methyl sites for hydroxylation is 1. The van der Waals surface area contributed by atoms with Crippen LogP contribution in [0.15, 0.2) is 18.3 Å². The average molecular weight is 262 g/mol. The summed E-state index contributed by atoms with van der Waals surface area (Å²) in [6, 6.07) is 3.44. The van der Waals surface area contributed by atoms with Crippen molar-refractivity contribution in [1.29, 1.82) is 0 Å². The Kier molecular flexibility index (Phi) is 4.14. The van der Waals surface area contributed by atoms with E-state index >= 15 is 0 Å². The Hall–Kier alpha value is -1.91. The molecule has 1 saturated carbocycles. The van der Waals surface area contributed by atoms with Crippen LogP contribution in [0.3, 0.4) is 0 Å². The van der Waals surface area contributed by atoms with Crippen molar-refractivity contribution in [2.75, 3.05) is 6.54 Å². The van der Waals surface area contributed by atoms with E-state index in [1.165, 1.54) is 0 Å². The number of nitrogens with one attached hydrogen (secondary N) is 1. The fourth-order valence-electron chi connectivity index (χ4n) is 2.65. The smallest absolute Gasteiger partial charge is 0.306 e. The highest BCUT2D eigenvalue weighted by molar-refractivity contribution is 5.95. The number of hydrogen-bond donors (Lipinski definition) is 2. The molecule has 1 heterocycles. The number of carboxylic acid groups (broad SMARTS) is 1. The molecule has 0 spiro atoms. The van der Waals surface area contributed by atoms with Crippen molar-refractivity contribution in [2.24, 2.45) is 11.8 Å². The van der Waals surface area contributed by atoms with Gasteiger partial charge in [-0.3, -0.25) is 14.6 Å². The third-order valence-electron chi connectivity index (χ3n) is 3.75. The molecule has 0 radical (unpaired) electrons. The van der Waals surface area contributed by atoms with Crippen LogP contribution in [0.2, 0.25) is 0 Å². The maximum Gasteiger partial charge on any atom is 0.306 e. The fourth-order valence-corrected chi connectivity index (χ4v) is 2.65. The summed E-state index contributed by atoms with van der Waals surface area (Å²) in [5.74, 6) is -1.22. The van der Waals surface area contributed by atoms with Gasteiger partial charge in [-0.2, -0.15) is 0 Å². The number of amides is 1. The van der Waals surface area contributed by atoms with Crippen molar-refractivity contribution in [3.63, 3.8) is 0 Å². The molecule has 19 heavy (non-hydrogen) atoms. The summed E-state index contributed by atoms with van der Waals surface area (Å²) in [4.78, 5) is 27.1. The van der Waals surface area contributed by atoms with E-state index in [-0.39, 0.29) is 17.7 Å². The van der Waals surface area contributed by atoms with Crippen LogP contribution >= 0.6 is 0 Å². The Labute approximate surface area is 112 Å². The Morgan fingerprint density at radius 1 is 1.47 bits per heavy atom. The molecule has 102 valence electrons. The molecule has 0 saturated heterocycles. The summed E-state index contributed by atoms with van der Waals surface area (Å²) in [5, 5.41) is 11.9. The monoisotopic (exact) mass is 262 g/mol. The van der Waals surface area contributed by atoms with E-state index in [4.69, 9.17) is 5.11 Å². The van der Waals surface area contributed by atoms with Gasteiger partial charge < -0.3 is 10.4 Å². The molecule has 2 N–H and O–H groups in total. The first kappa shape index (κ1) is 13.5. The normalized spacial score (nSPS) is 22.2. The Morgan fingerprint density at radius 3 is 2.95 bits per heavy atom. The van der Waals surface area contributed by atoms with Crippen LogP contribution in [-0.4, -0.2) is 28.5 Å². The Bertz CT molecular complexity index is 487. The number of pyridine rings is 1. The second-order valence-corrected chi connectivity index (χ2v) is 4.98. The van der Waals surface area contributed by atoms with E-state index in [1.807, 2.05) is 0 Å². The van der Waals surface area contributed by atoms with Gasteiger partial charge in [0.25, 0.3) is 5.91 Å². The molecule has 2 rings (SSSR count). The molecule has 1 fully saturated rings. The van der Waals surface area contributed by atoms with E-state index in [0.717, 1.165) is 12.8 Å². The molecule has 5 nitrogen and oxygen atoms in total. The minimum absolute atomic E-state index is 0.0402. The Balaban J connectivity index is 1.94. The minimum atomic E-state index is -0.755. The first-order valence-electron chi connectivity index (χ1n) is 6.52. The molecular weight excluding hydrogens is 244 g/mol. The van der Waals surface area contributed by atoms with E-state index in [2.05, 4.69) is 10.3 Å². The number of aliphatic carboxylic acids is 1. The number of hydrogen-bond acceptors (Lipinski definition) is 3. The average Bonchev–Trinajstić information content (AvgIpc) is 2.85. The van der Waals surface area contributed by atoms with Crippen molar-refractivity contribution in [2.45, 2.75) is 26.2 Å². The van der Waals surface area contributed by atoms with Gasteiger partial charge in [-0.1, -0.05) is 6.42 Å². The SMILES string of the molecule is Cc1ncccc1C(=O)NCC1CCCC1C(=O)O. The summed E-state index contributed by atoms with van der Waals surface area (Å²) in [6.45, 7) is 2.20. The lowest BCUT2D eigenvalue weighted by molar-refractivity contribution is -0.142. The number of carboxylic acids is 1. The van der Waals surface area contributed by atoms with Gasteiger partial charge in [0.1, 0.15) is 0 Å². The summed E-state index contributed by atoms with van der Waals surface area (Å²) in [7, 11) is 0. The van der Waals surface area contributed by atoms with Crippen LogP contribution in [0.5, 0.6) is 0 Å². The standard InChI is InChI=1S/C14H18N2O3/c1-9-11(6-3-7-15-9)13(17)16-8-10-4-2-5-12(10)14(18)19/h3,6-7,10,12H,2,4-5,8H2,1H3,(H,16,17)(H,18,19). The zero-order valence-corrected chi connectivity index (χ0v) is 10.9. The van der Waals surface area contributed by atoms with Crippen molar-refractivity contribution < 1.29 is 14.7 Å². The first-order chi connectivity index (χ1) is 9.09. The van der Waals surface area contributed by atoms with Crippen LogP contribution in [0.4, 0.5) is 0 Å². The lowest BCUT2D eigenvalue weighted by Crippen LogP contribution is -2.33. The van der Waals surface area contributed by atoms with Gasteiger partial charge in [0.15, 0.2) is 0 Å². The quantitative estimate of drug-likeness (QED) is 0.864. The third kappa shape index (κ3) is 3.10. The number of nitrogens with zero attached hydrogens (tertiary/aromatic N) is 1. The zero-order valence-electron chi connectivity index (χ0n) is 10.9. The molecule has 0 aliphatic heterocycles. The van der Waals surface area contributed by atoms with Crippen LogP contribution in [0, 0.1) is 18.8 Å². The molecule has 1 aromatic heterocycles. The van der Waals surface area contributed by atoms with Crippen LogP contribution < -0.4 is 5.32 Å². The number of aromatic nitrogens is 1. The first-order valence-corrected chi connectivity index (χ1v) is 6.52. The van der Waals surface area contributed by atoms with Gasteiger partial charge in [0.2, 0.25) is 0 Å². The Morgan fingerprint density at radius 2 is 2.26 bits per heavy atom. The molecule has 0 aromatic carbocycles. The van der Waals surface area contributed by atoms with Crippen molar-refractivity contribution >= 4 is 11.9 Å². The second kappa shape index (κ2) is 5.82. The molecule has 2 unspecified atom stereocenters. The molecule has 5 heteroatoms. The molecule has 0 bridgehead atoms. The van der Waals surface area contributed by atoms with E-state index in [0.29, 0.717) is 24.2 Å². The molecule has 1 aliphatic rings. The lowest BCUT2D eigenvalue weighted by Gasteiger charge is -2.16. The lowest BCUT2D eigenvalue weighted by atomic mass is 9.96. The van der Waals surface area contributed by atoms with Gasteiger partial charge in [-0.05, 0) is 37.8 Å². The molecular formula is C14H18N2O3. The van der Waals surface area contributed by atoms with Gasteiger partial charge in [0.05, 0.1) is 11.5 Å².